The van der Waals surface area contributed by atoms with Gasteiger partial charge in [0.2, 0.25) is 0 Å². The molecule has 0 saturated carbocycles. The molecule has 0 unspecified atom stereocenters. The fraction of sp³-hybridized carbons (Fsp3) is 0.219. The molecule has 0 bridgehead atoms. The first-order chi connectivity index (χ1) is 19.5. The first kappa shape index (κ1) is 25.8. The summed E-state index contributed by atoms with van der Waals surface area (Å²) in [5.74, 6) is -0.919. The lowest BCUT2D eigenvalue weighted by Crippen LogP contribution is -2.37. The van der Waals surface area contributed by atoms with Gasteiger partial charge >= 0.3 is 5.97 Å². The van der Waals surface area contributed by atoms with Gasteiger partial charge in [-0.3, -0.25) is 9.59 Å². The summed E-state index contributed by atoms with van der Waals surface area (Å²) < 4.78 is 17.1. The highest BCUT2D eigenvalue weighted by molar-refractivity contribution is 7.10. The molecule has 2 aromatic carbocycles. The molecule has 0 amide bonds. The third-order valence-corrected chi connectivity index (χ3v) is 8.37. The van der Waals surface area contributed by atoms with Crippen molar-refractivity contribution in [2.45, 2.75) is 31.6 Å². The van der Waals surface area contributed by atoms with Gasteiger partial charge in [0.1, 0.15) is 24.5 Å². The highest BCUT2D eigenvalue weighted by Crippen LogP contribution is 2.45. The maximum Gasteiger partial charge on any atom is 0.336 e. The van der Waals surface area contributed by atoms with Gasteiger partial charge in [0, 0.05) is 39.7 Å². The number of benzene rings is 2. The second-order valence-corrected chi connectivity index (χ2v) is 10.8. The van der Waals surface area contributed by atoms with E-state index in [1.807, 2.05) is 47.8 Å². The zero-order valence-corrected chi connectivity index (χ0v) is 22.7. The van der Waals surface area contributed by atoms with Gasteiger partial charge in [-0.2, -0.15) is 0 Å². The maximum absolute atomic E-state index is 13.8. The Morgan fingerprint density at radius 1 is 1.00 bits per heavy atom. The number of nitrogens with one attached hydrogen (secondary N) is 1. The van der Waals surface area contributed by atoms with Gasteiger partial charge in [-0.1, -0.05) is 36.4 Å². The first-order valence-electron chi connectivity index (χ1n) is 13.1. The number of carbonyl (C=O) groups excluding carboxylic acids is 2. The molecule has 0 radical (unpaired) electrons. The number of fused-ring (bicyclic) bond motifs is 1. The number of ether oxygens (including phenoxy) is 2. The van der Waals surface area contributed by atoms with Crippen molar-refractivity contribution in [3.8, 4) is 5.75 Å². The lowest BCUT2D eigenvalue weighted by atomic mass is 9.73. The number of ketones is 1. The van der Waals surface area contributed by atoms with Crippen LogP contribution in [0.2, 0.25) is 0 Å². The predicted molar refractivity (Wildman–Crippen MR) is 152 cm³/mol. The van der Waals surface area contributed by atoms with E-state index < -0.39 is 11.9 Å². The second kappa shape index (κ2) is 11.0. The SMILES string of the molecule is CC1=C(C(=O)OCCOc2ccccc2)[C@H](c2coc3ccccc3c2=O)C2=C(C[C@@H](c3cccs3)CC2=O)N1. The lowest BCUT2D eigenvalue weighted by molar-refractivity contribution is -0.140. The van der Waals surface area contributed by atoms with E-state index in [1.54, 1.807) is 42.5 Å². The van der Waals surface area contributed by atoms with E-state index in [-0.39, 0.29) is 41.5 Å². The molecule has 0 fully saturated rings. The number of rotatable bonds is 7. The van der Waals surface area contributed by atoms with Gasteiger partial charge in [0.05, 0.1) is 23.1 Å². The van der Waals surface area contributed by atoms with E-state index >= 15 is 0 Å². The maximum atomic E-state index is 13.8. The molecule has 1 aliphatic heterocycles. The molecule has 40 heavy (non-hydrogen) atoms. The van der Waals surface area contributed by atoms with Crippen LogP contribution in [0.25, 0.3) is 11.0 Å². The number of thiophene rings is 1. The molecule has 6 rings (SSSR count). The number of carbonyl (C=O) groups is 2. The Balaban J connectivity index is 1.36. The summed E-state index contributed by atoms with van der Waals surface area (Å²) in [4.78, 5) is 42.2. The van der Waals surface area contributed by atoms with Crippen molar-refractivity contribution in [1.29, 1.82) is 0 Å². The van der Waals surface area contributed by atoms with Crippen LogP contribution in [0, 0.1) is 0 Å². The van der Waals surface area contributed by atoms with E-state index in [9.17, 15) is 14.4 Å². The zero-order valence-electron chi connectivity index (χ0n) is 21.8. The molecule has 1 aliphatic carbocycles. The minimum absolute atomic E-state index is 0.00383. The molecule has 1 N–H and O–H groups in total. The van der Waals surface area contributed by atoms with Crippen molar-refractivity contribution in [2.24, 2.45) is 0 Å². The van der Waals surface area contributed by atoms with Gasteiger partial charge in [0.15, 0.2) is 11.2 Å². The van der Waals surface area contributed by atoms with Crippen molar-refractivity contribution < 1.29 is 23.5 Å². The van der Waals surface area contributed by atoms with Gasteiger partial charge in [-0.05, 0) is 49.1 Å². The number of dihydropyridines is 1. The van der Waals surface area contributed by atoms with E-state index in [4.69, 9.17) is 13.9 Å². The quantitative estimate of drug-likeness (QED) is 0.227. The molecule has 7 nitrogen and oxygen atoms in total. The summed E-state index contributed by atoms with van der Waals surface area (Å²) in [5.41, 5.74) is 2.33. The Bertz CT molecular complexity index is 1700. The van der Waals surface area contributed by atoms with E-state index in [0.717, 1.165) is 10.6 Å². The second-order valence-electron chi connectivity index (χ2n) is 9.85. The molecule has 2 aliphatic rings. The average molecular weight is 554 g/mol. The van der Waals surface area contributed by atoms with Gasteiger partial charge in [-0.15, -0.1) is 11.3 Å². The Morgan fingerprint density at radius 3 is 2.60 bits per heavy atom. The fourth-order valence-corrected chi connectivity index (χ4v) is 6.36. The van der Waals surface area contributed by atoms with E-state index in [2.05, 4.69) is 5.32 Å². The molecule has 3 heterocycles. The first-order valence-corrected chi connectivity index (χ1v) is 14.0. The van der Waals surface area contributed by atoms with Crippen LogP contribution < -0.4 is 15.5 Å². The average Bonchev–Trinajstić information content (AvgIpc) is 3.51. The third-order valence-electron chi connectivity index (χ3n) is 7.34. The predicted octanol–water partition coefficient (Wildman–Crippen LogP) is 5.84. The standard InChI is InChI=1S/C32H27NO6S/c1-19-28(32(36)38-14-13-37-21-8-3-2-4-9-21)29(23-18-39-26-11-6-5-10-22(26)31(23)35)30-24(33-19)16-20(17-25(30)34)27-12-7-15-40-27/h2-12,15,18,20,29,33H,13-14,16-17H2,1H3/t20-,29+/m1/s1. The Labute approximate surface area is 234 Å². The zero-order chi connectivity index (χ0) is 27.6. The summed E-state index contributed by atoms with van der Waals surface area (Å²) in [6.07, 6.45) is 2.27. The van der Waals surface area contributed by atoms with Crippen LogP contribution in [0.15, 0.2) is 110 Å². The highest BCUT2D eigenvalue weighted by Gasteiger charge is 2.43. The number of para-hydroxylation sites is 2. The van der Waals surface area contributed by atoms with Crippen LogP contribution in [0.3, 0.4) is 0 Å². The molecule has 0 saturated heterocycles. The summed E-state index contributed by atoms with van der Waals surface area (Å²) in [6.45, 7) is 1.94. The van der Waals surface area contributed by atoms with Crippen LogP contribution in [0.1, 0.15) is 42.0 Å². The smallest absolute Gasteiger partial charge is 0.336 e. The van der Waals surface area contributed by atoms with E-state index in [1.165, 1.54) is 6.26 Å². The van der Waals surface area contributed by atoms with Crippen molar-refractivity contribution in [1.82, 2.24) is 5.32 Å². The number of Topliss-reactive ketones (excluding diaryl/α,β-unsaturated/α-hetero) is 1. The summed E-state index contributed by atoms with van der Waals surface area (Å²) >= 11 is 1.62. The Hall–Kier alpha value is -4.43. The summed E-state index contributed by atoms with van der Waals surface area (Å²) in [5, 5.41) is 5.72. The number of hydrogen-bond acceptors (Lipinski definition) is 8. The largest absolute Gasteiger partial charge is 0.490 e. The molecule has 8 heteroatoms. The van der Waals surface area contributed by atoms with Crippen LogP contribution in [0.4, 0.5) is 0 Å². The molecular formula is C32H27NO6S. The topological polar surface area (TPSA) is 94.8 Å². The molecule has 2 atom stereocenters. The lowest BCUT2D eigenvalue weighted by Gasteiger charge is -2.36. The third kappa shape index (κ3) is 4.86. The minimum atomic E-state index is -0.906. The minimum Gasteiger partial charge on any atom is -0.490 e. The molecule has 4 aromatic rings. The summed E-state index contributed by atoms with van der Waals surface area (Å²) in [6, 6.07) is 20.2. The normalized spacial score (nSPS) is 18.9. The highest BCUT2D eigenvalue weighted by atomic mass is 32.1. The molecular weight excluding hydrogens is 526 g/mol. The van der Waals surface area contributed by atoms with Gasteiger partial charge in [-0.25, -0.2) is 4.79 Å². The van der Waals surface area contributed by atoms with Crippen molar-refractivity contribution in [3.63, 3.8) is 0 Å². The van der Waals surface area contributed by atoms with Crippen LogP contribution >= 0.6 is 11.3 Å². The Kier molecular flexibility index (Phi) is 7.09. The van der Waals surface area contributed by atoms with Crippen molar-refractivity contribution in [2.75, 3.05) is 13.2 Å². The van der Waals surface area contributed by atoms with E-state index in [0.29, 0.717) is 40.8 Å². The number of esters is 1. The fourth-order valence-electron chi connectivity index (χ4n) is 5.53. The van der Waals surface area contributed by atoms with Gasteiger partial charge < -0.3 is 19.2 Å². The van der Waals surface area contributed by atoms with Crippen LogP contribution in [-0.2, 0) is 14.3 Å². The van der Waals surface area contributed by atoms with Crippen molar-refractivity contribution >= 4 is 34.1 Å². The number of allylic oxidation sites excluding steroid dienone is 3. The Morgan fingerprint density at radius 2 is 1.80 bits per heavy atom. The van der Waals surface area contributed by atoms with Gasteiger partial charge in [0.25, 0.3) is 0 Å². The molecule has 202 valence electrons. The van der Waals surface area contributed by atoms with Crippen LogP contribution in [-0.4, -0.2) is 25.0 Å². The summed E-state index contributed by atoms with van der Waals surface area (Å²) in [7, 11) is 0. The number of hydrogen-bond donors (Lipinski definition) is 1. The molecule has 0 spiro atoms. The van der Waals surface area contributed by atoms with Crippen molar-refractivity contribution in [3.05, 3.63) is 122 Å². The molecule has 2 aromatic heterocycles. The monoisotopic (exact) mass is 553 g/mol. The van der Waals surface area contributed by atoms with Crippen LogP contribution in [0.5, 0.6) is 5.75 Å².